The van der Waals surface area contributed by atoms with Crippen molar-refractivity contribution in [2.24, 2.45) is 0 Å². The maximum absolute atomic E-state index is 12.3. The van der Waals surface area contributed by atoms with Crippen LogP contribution in [0.15, 0.2) is 10.6 Å². The molecule has 1 amide bonds. The van der Waals surface area contributed by atoms with Crippen LogP contribution in [-0.2, 0) is 4.74 Å². The molecule has 2 heterocycles. The maximum atomic E-state index is 12.3. The van der Waals surface area contributed by atoms with E-state index in [1.54, 1.807) is 20.8 Å². The van der Waals surface area contributed by atoms with Gasteiger partial charge in [-0.15, -0.1) is 0 Å². The molecule has 1 aromatic heterocycles. The van der Waals surface area contributed by atoms with Crippen LogP contribution >= 0.6 is 0 Å². The van der Waals surface area contributed by atoms with Crippen LogP contribution < -0.4 is 0 Å². The summed E-state index contributed by atoms with van der Waals surface area (Å²) in [4.78, 5) is 13.2. The van der Waals surface area contributed by atoms with Crippen molar-refractivity contribution in [3.8, 4) is 0 Å². The number of amides is 1. The lowest BCUT2D eigenvalue weighted by atomic mass is 9.97. The molecule has 0 unspecified atom stereocenters. The smallest absolute Gasteiger partial charge is 0.410 e. The molecule has 1 aliphatic heterocycles. The van der Waals surface area contributed by atoms with Gasteiger partial charge in [-0.25, -0.2) is 13.6 Å². The van der Waals surface area contributed by atoms with Gasteiger partial charge < -0.3 is 14.2 Å². The standard InChI is InChI=1S/C12H16F2N2O3/c1-12(2,3)18-11(17)16-5-7(6-16)8-4-9(10(13)14)19-15-8/h4,7,10H,5-6H2,1-3H3. The molecule has 7 heteroatoms. The summed E-state index contributed by atoms with van der Waals surface area (Å²) in [5.41, 5.74) is -0.0889. The van der Waals surface area contributed by atoms with Crippen LogP contribution in [0.1, 0.15) is 44.6 Å². The van der Waals surface area contributed by atoms with Gasteiger partial charge in [0.15, 0.2) is 0 Å². The summed E-state index contributed by atoms with van der Waals surface area (Å²) in [6, 6.07) is 1.24. The van der Waals surface area contributed by atoms with E-state index in [0.717, 1.165) is 0 Å². The van der Waals surface area contributed by atoms with E-state index < -0.39 is 23.9 Å². The molecule has 0 N–H and O–H groups in total. The second-order valence-electron chi connectivity index (χ2n) is 5.54. The van der Waals surface area contributed by atoms with Gasteiger partial charge in [-0.05, 0) is 20.8 Å². The van der Waals surface area contributed by atoms with Crippen molar-refractivity contribution in [1.82, 2.24) is 10.1 Å². The monoisotopic (exact) mass is 274 g/mol. The van der Waals surface area contributed by atoms with E-state index in [2.05, 4.69) is 9.68 Å². The Morgan fingerprint density at radius 1 is 1.53 bits per heavy atom. The van der Waals surface area contributed by atoms with Crippen molar-refractivity contribution in [1.29, 1.82) is 0 Å². The summed E-state index contributed by atoms with van der Waals surface area (Å²) in [5.74, 6) is -0.505. The lowest BCUT2D eigenvalue weighted by molar-refractivity contribution is 0.00762. The number of likely N-dealkylation sites (tertiary alicyclic amines) is 1. The molecule has 0 aliphatic carbocycles. The van der Waals surface area contributed by atoms with Crippen LogP contribution in [0.3, 0.4) is 0 Å². The Bertz CT molecular complexity index is 462. The van der Waals surface area contributed by atoms with Crippen LogP contribution in [-0.4, -0.2) is 34.8 Å². The van der Waals surface area contributed by atoms with Gasteiger partial charge in [-0.2, -0.15) is 0 Å². The zero-order valence-corrected chi connectivity index (χ0v) is 11.0. The topological polar surface area (TPSA) is 55.6 Å². The van der Waals surface area contributed by atoms with Gasteiger partial charge >= 0.3 is 6.09 Å². The molecule has 1 aromatic rings. The number of hydrogen-bond donors (Lipinski definition) is 0. The van der Waals surface area contributed by atoms with Gasteiger partial charge in [0.25, 0.3) is 6.43 Å². The number of halogens is 2. The molecule has 1 fully saturated rings. The third kappa shape index (κ3) is 3.21. The minimum absolute atomic E-state index is 0.0660. The Hall–Kier alpha value is -1.66. The Morgan fingerprint density at radius 2 is 2.16 bits per heavy atom. The fraction of sp³-hybridized carbons (Fsp3) is 0.667. The largest absolute Gasteiger partial charge is 0.444 e. The van der Waals surface area contributed by atoms with Gasteiger partial charge in [0.2, 0.25) is 5.76 Å². The zero-order chi connectivity index (χ0) is 14.2. The molecule has 0 atom stereocenters. The van der Waals surface area contributed by atoms with Gasteiger partial charge in [0.1, 0.15) is 5.60 Å². The van der Waals surface area contributed by atoms with Gasteiger partial charge in [0, 0.05) is 25.1 Å². The Balaban J connectivity index is 1.87. The predicted octanol–water partition coefficient (Wildman–Crippen LogP) is 2.95. The normalized spacial score (nSPS) is 16.6. The Morgan fingerprint density at radius 3 is 2.63 bits per heavy atom. The first-order chi connectivity index (χ1) is 8.76. The molecule has 0 spiro atoms. The van der Waals surface area contributed by atoms with Crippen molar-refractivity contribution >= 4 is 6.09 Å². The summed E-state index contributed by atoms with van der Waals surface area (Å²) < 4.78 is 34.4. The lowest BCUT2D eigenvalue weighted by Gasteiger charge is -2.38. The zero-order valence-electron chi connectivity index (χ0n) is 11.0. The molecule has 0 bridgehead atoms. The molecule has 106 valence electrons. The molecule has 19 heavy (non-hydrogen) atoms. The Labute approximate surface area is 109 Å². The highest BCUT2D eigenvalue weighted by atomic mass is 19.3. The van der Waals surface area contributed by atoms with Crippen LogP contribution in [0.25, 0.3) is 0 Å². The van der Waals surface area contributed by atoms with Gasteiger partial charge in [-0.3, -0.25) is 0 Å². The maximum Gasteiger partial charge on any atom is 0.410 e. The number of aromatic nitrogens is 1. The van der Waals surface area contributed by atoms with Crippen molar-refractivity contribution in [3.05, 3.63) is 17.5 Å². The molecule has 0 aromatic carbocycles. The average molecular weight is 274 g/mol. The molecular formula is C12H16F2N2O3. The van der Waals surface area contributed by atoms with E-state index in [-0.39, 0.29) is 5.92 Å². The highest BCUT2D eigenvalue weighted by Crippen LogP contribution is 2.30. The fourth-order valence-corrected chi connectivity index (χ4v) is 1.74. The van der Waals surface area contributed by atoms with E-state index in [1.165, 1.54) is 11.0 Å². The summed E-state index contributed by atoms with van der Waals surface area (Å²) in [6.45, 7) is 6.17. The summed E-state index contributed by atoms with van der Waals surface area (Å²) in [5, 5.41) is 3.59. The molecule has 2 rings (SSSR count). The quantitative estimate of drug-likeness (QED) is 0.832. The number of carbonyl (C=O) groups excluding carboxylic acids is 1. The second-order valence-corrected chi connectivity index (χ2v) is 5.54. The summed E-state index contributed by atoms with van der Waals surface area (Å²) in [7, 11) is 0. The third-order valence-electron chi connectivity index (χ3n) is 2.71. The van der Waals surface area contributed by atoms with Crippen LogP contribution in [0, 0.1) is 0 Å². The molecule has 5 nitrogen and oxygen atoms in total. The lowest BCUT2D eigenvalue weighted by Crippen LogP contribution is -2.50. The summed E-state index contributed by atoms with van der Waals surface area (Å²) >= 11 is 0. The second kappa shape index (κ2) is 4.79. The highest BCUT2D eigenvalue weighted by Gasteiger charge is 2.36. The van der Waals surface area contributed by atoms with Crippen molar-refractivity contribution in [2.75, 3.05) is 13.1 Å². The first-order valence-electron chi connectivity index (χ1n) is 5.99. The van der Waals surface area contributed by atoms with Crippen molar-refractivity contribution in [3.63, 3.8) is 0 Å². The number of rotatable bonds is 2. The number of nitrogens with zero attached hydrogens (tertiary/aromatic N) is 2. The fourth-order valence-electron chi connectivity index (χ4n) is 1.74. The summed E-state index contributed by atoms with van der Waals surface area (Å²) in [6.07, 6.45) is -3.07. The van der Waals surface area contributed by atoms with Crippen LogP contribution in [0.2, 0.25) is 0 Å². The number of carbonyl (C=O) groups is 1. The van der Waals surface area contributed by atoms with Crippen molar-refractivity contribution in [2.45, 2.75) is 38.7 Å². The minimum atomic E-state index is -2.66. The molecule has 0 saturated carbocycles. The van der Waals surface area contributed by atoms with E-state index >= 15 is 0 Å². The highest BCUT2D eigenvalue weighted by molar-refractivity contribution is 5.69. The third-order valence-corrected chi connectivity index (χ3v) is 2.71. The number of ether oxygens (including phenoxy) is 1. The van der Waals surface area contributed by atoms with Crippen LogP contribution in [0.4, 0.5) is 13.6 Å². The number of hydrogen-bond acceptors (Lipinski definition) is 4. The van der Waals surface area contributed by atoms with E-state index in [9.17, 15) is 13.6 Å². The van der Waals surface area contributed by atoms with Crippen LogP contribution in [0.5, 0.6) is 0 Å². The molecule has 1 saturated heterocycles. The first-order valence-corrected chi connectivity index (χ1v) is 5.99. The molecular weight excluding hydrogens is 258 g/mol. The predicted molar refractivity (Wildman–Crippen MR) is 62.0 cm³/mol. The number of alkyl halides is 2. The van der Waals surface area contributed by atoms with Crippen molar-refractivity contribution < 1.29 is 22.8 Å². The van der Waals surface area contributed by atoms with E-state index in [0.29, 0.717) is 18.8 Å². The molecule has 0 radical (unpaired) electrons. The van der Waals surface area contributed by atoms with Gasteiger partial charge in [0.05, 0.1) is 5.69 Å². The Kier molecular flexibility index (Phi) is 3.47. The van der Waals surface area contributed by atoms with E-state index in [1.807, 2.05) is 0 Å². The molecule has 1 aliphatic rings. The SMILES string of the molecule is CC(C)(C)OC(=O)N1CC(c2cc(C(F)F)on2)C1. The van der Waals surface area contributed by atoms with Gasteiger partial charge in [-0.1, -0.05) is 5.16 Å². The first kappa shape index (κ1) is 13.8. The minimum Gasteiger partial charge on any atom is -0.444 e. The van der Waals surface area contributed by atoms with E-state index in [4.69, 9.17) is 4.74 Å². The average Bonchev–Trinajstić information content (AvgIpc) is 2.61.